The molecule has 0 aromatic rings. The first-order valence-electron chi connectivity index (χ1n) is 5.68. The molecule has 0 bridgehead atoms. The van der Waals surface area contributed by atoms with Gasteiger partial charge in [0.05, 0.1) is 6.61 Å². The van der Waals surface area contributed by atoms with Gasteiger partial charge in [-0.3, -0.25) is 0 Å². The molecule has 76 valence electrons. The molecule has 0 aromatic heterocycles. The van der Waals surface area contributed by atoms with Gasteiger partial charge in [-0.2, -0.15) is 0 Å². The molecular formula is C11H21NO. The van der Waals surface area contributed by atoms with Crippen molar-refractivity contribution in [2.75, 3.05) is 13.2 Å². The second-order valence-corrected chi connectivity index (χ2v) is 4.70. The normalized spacial score (nSPS) is 40.8. The van der Waals surface area contributed by atoms with Crippen LogP contribution in [0.5, 0.6) is 0 Å². The molecule has 3 atom stereocenters. The Morgan fingerprint density at radius 3 is 2.69 bits per heavy atom. The standard InChI is InChI=1S/C11H21NO/c1-9-4-5-10(7-9)12-11-3-2-6-13-8-11/h9-12H,2-8H2,1H3/t9?,10?,11-/m0/s1. The third-order valence-corrected chi connectivity index (χ3v) is 3.33. The lowest BCUT2D eigenvalue weighted by Crippen LogP contribution is -2.42. The summed E-state index contributed by atoms with van der Waals surface area (Å²) >= 11 is 0. The average Bonchev–Trinajstić information content (AvgIpc) is 2.53. The van der Waals surface area contributed by atoms with Crippen molar-refractivity contribution in [3.05, 3.63) is 0 Å². The van der Waals surface area contributed by atoms with E-state index in [0.29, 0.717) is 6.04 Å². The summed E-state index contributed by atoms with van der Waals surface area (Å²) in [6.45, 7) is 4.27. The van der Waals surface area contributed by atoms with Crippen LogP contribution in [0.25, 0.3) is 0 Å². The second kappa shape index (κ2) is 4.43. The summed E-state index contributed by atoms with van der Waals surface area (Å²) in [7, 11) is 0. The first kappa shape index (κ1) is 9.47. The van der Waals surface area contributed by atoms with Crippen LogP contribution in [0.4, 0.5) is 0 Å². The Hall–Kier alpha value is -0.0800. The van der Waals surface area contributed by atoms with Crippen LogP contribution in [0.3, 0.4) is 0 Å². The number of hydrogen-bond donors (Lipinski definition) is 1. The van der Waals surface area contributed by atoms with E-state index in [1.807, 2.05) is 0 Å². The van der Waals surface area contributed by atoms with Gasteiger partial charge >= 0.3 is 0 Å². The molecule has 0 aromatic carbocycles. The summed E-state index contributed by atoms with van der Waals surface area (Å²) in [5, 5.41) is 3.72. The maximum Gasteiger partial charge on any atom is 0.0619 e. The Labute approximate surface area is 81.0 Å². The maximum atomic E-state index is 5.46. The van der Waals surface area contributed by atoms with E-state index in [-0.39, 0.29) is 0 Å². The van der Waals surface area contributed by atoms with Crippen molar-refractivity contribution in [1.82, 2.24) is 5.32 Å². The summed E-state index contributed by atoms with van der Waals surface area (Å²) in [5.74, 6) is 0.932. The lowest BCUT2D eigenvalue weighted by Gasteiger charge is -2.26. The number of ether oxygens (including phenoxy) is 1. The van der Waals surface area contributed by atoms with Gasteiger partial charge in [-0.25, -0.2) is 0 Å². The molecule has 1 saturated heterocycles. The molecule has 1 aliphatic heterocycles. The van der Waals surface area contributed by atoms with Crippen molar-refractivity contribution in [3.8, 4) is 0 Å². The molecule has 2 nitrogen and oxygen atoms in total. The third kappa shape index (κ3) is 2.68. The van der Waals surface area contributed by atoms with Crippen LogP contribution < -0.4 is 5.32 Å². The van der Waals surface area contributed by atoms with Gasteiger partial charge in [0.15, 0.2) is 0 Å². The lowest BCUT2D eigenvalue weighted by molar-refractivity contribution is 0.0664. The van der Waals surface area contributed by atoms with Crippen molar-refractivity contribution in [3.63, 3.8) is 0 Å². The highest BCUT2D eigenvalue weighted by atomic mass is 16.5. The molecular weight excluding hydrogens is 162 g/mol. The number of nitrogens with one attached hydrogen (secondary N) is 1. The van der Waals surface area contributed by atoms with E-state index in [0.717, 1.165) is 25.2 Å². The molecule has 2 fully saturated rings. The van der Waals surface area contributed by atoms with E-state index in [9.17, 15) is 0 Å². The molecule has 0 spiro atoms. The highest BCUT2D eigenvalue weighted by molar-refractivity contribution is 4.82. The third-order valence-electron chi connectivity index (χ3n) is 3.33. The fourth-order valence-electron chi connectivity index (χ4n) is 2.56. The minimum Gasteiger partial charge on any atom is -0.380 e. The zero-order valence-corrected chi connectivity index (χ0v) is 8.59. The Morgan fingerprint density at radius 1 is 1.15 bits per heavy atom. The van der Waals surface area contributed by atoms with E-state index in [1.165, 1.54) is 32.1 Å². The van der Waals surface area contributed by atoms with Gasteiger partial charge in [0.25, 0.3) is 0 Å². The number of rotatable bonds is 2. The minimum absolute atomic E-state index is 0.643. The Morgan fingerprint density at radius 2 is 2.08 bits per heavy atom. The molecule has 1 heterocycles. The second-order valence-electron chi connectivity index (χ2n) is 4.70. The highest BCUT2D eigenvalue weighted by Gasteiger charge is 2.24. The van der Waals surface area contributed by atoms with E-state index in [1.54, 1.807) is 0 Å². The van der Waals surface area contributed by atoms with Gasteiger partial charge in [0.1, 0.15) is 0 Å². The molecule has 0 radical (unpaired) electrons. The molecule has 2 aliphatic rings. The molecule has 1 aliphatic carbocycles. The first-order chi connectivity index (χ1) is 6.34. The van der Waals surface area contributed by atoms with E-state index < -0.39 is 0 Å². The molecule has 2 heteroatoms. The molecule has 0 amide bonds. The minimum atomic E-state index is 0.643. The lowest BCUT2D eigenvalue weighted by atomic mass is 10.1. The molecule has 1 saturated carbocycles. The van der Waals surface area contributed by atoms with Crippen LogP contribution in [0.2, 0.25) is 0 Å². The molecule has 13 heavy (non-hydrogen) atoms. The summed E-state index contributed by atoms with van der Waals surface area (Å²) in [5.41, 5.74) is 0. The highest BCUT2D eigenvalue weighted by Crippen LogP contribution is 2.25. The zero-order valence-electron chi connectivity index (χ0n) is 8.59. The van der Waals surface area contributed by atoms with Crippen molar-refractivity contribution in [2.24, 2.45) is 5.92 Å². The van der Waals surface area contributed by atoms with Crippen molar-refractivity contribution < 1.29 is 4.74 Å². The average molecular weight is 183 g/mol. The van der Waals surface area contributed by atoms with E-state index >= 15 is 0 Å². The summed E-state index contributed by atoms with van der Waals surface area (Å²) in [4.78, 5) is 0. The quantitative estimate of drug-likeness (QED) is 0.706. The van der Waals surface area contributed by atoms with Crippen molar-refractivity contribution in [2.45, 2.75) is 51.1 Å². The van der Waals surface area contributed by atoms with Gasteiger partial charge in [-0.15, -0.1) is 0 Å². The van der Waals surface area contributed by atoms with Gasteiger partial charge in [0.2, 0.25) is 0 Å². The SMILES string of the molecule is CC1CCC(N[C@H]2CCCOC2)C1. The van der Waals surface area contributed by atoms with Crippen LogP contribution in [-0.2, 0) is 4.74 Å². The van der Waals surface area contributed by atoms with Crippen LogP contribution >= 0.6 is 0 Å². The Kier molecular flexibility index (Phi) is 3.23. The fourth-order valence-corrected chi connectivity index (χ4v) is 2.56. The van der Waals surface area contributed by atoms with E-state index in [2.05, 4.69) is 12.2 Å². The van der Waals surface area contributed by atoms with Gasteiger partial charge in [-0.1, -0.05) is 6.92 Å². The molecule has 1 N–H and O–H groups in total. The molecule has 2 rings (SSSR count). The Bertz CT molecular complexity index is 151. The summed E-state index contributed by atoms with van der Waals surface area (Å²) in [6, 6.07) is 1.42. The smallest absolute Gasteiger partial charge is 0.0619 e. The van der Waals surface area contributed by atoms with Crippen molar-refractivity contribution >= 4 is 0 Å². The maximum absolute atomic E-state index is 5.46. The monoisotopic (exact) mass is 183 g/mol. The topological polar surface area (TPSA) is 21.3 Å². The zero-order chi connectivity index (χ0) is 9.10. The van der Waals surface area contributed by atoms with Gasteiger partial charge < -0.3 is 10.1 Å². The summed E-state index contributed by atoms with van der Waals surface area (Å²) in [6.07, 6.45) is 6.70. The predicted molar refractivity (Wildman–Crippen MR) is 53.8 cm³/mol. The number of hydrogen-bond acceptors (Lipinski definition) is 2. The van der Waals surface area contributed by atoms with Gasteiger partial charge in [0, 0.05) is 18.7 Å². The Balaban J connectivity index is 1.71. The largest absolute Gasteiger partial charge is 0.380 e. The summed E-state index contributed by atoms with van der Waals surface area (Å²) < 4.78 is 5.46. The first-order valence-corrected chi connectivity index (χ1v) is 5.68. The van der Waals surface area contributed by atoms with E-state index in [4.69, 9.17) is 4.74 Å². The predicted octanol–water partition coefficient (Wildman–Crippen LogP) is 1.94. The van der Waals surface area contributed by atoms with Crippen LogP contribution in [0, 0.1) is 5.92 Å². The molecule has 2 unspecified atom stereocenters. The fraction of sp³-hybridized carbons (Fsp3) is 1.00. The van der Waals surface area contributed by atoms with Crippen LogP contribution in [0.15, 0.2) is 0 Å². The van der Waals surface area contributed by atoms with Gasteiger partial charge in [-0.05, 0) is 38.0 Å². The van der Waals surface area contributed by atoms with Crippen LogP contribution in [0.1, 0.15) is 39.0 Å². The van der Waals surface area contributed by atoms with Crippen molar-refractivity contribution in [1.29, 1.82) is 0 Å². The van der Waals surface area contributed by atoms with Crippen LogP contribution in [-0.4, -0.2) is 25.3 Å².